The topological polar surface area (TPSA) is 83.8 Å². The molecule has 1 atom stereocenters. The maximum Gasteiger partial charge on any atom is 0.257 e. The molecule has 0 spiro atoms. The van der Waals surface area contributed by atoms with Crippen LogP contribution in [0.3, 0.4) is 0 Å². The summed E-state index contributed by atoms with van der Waals surface area (Å²) in [7, 11) is 0. The number of nitrogen functional groups attached to an aromatic ring is 1. The van der Waals surface area contributed by atoms with Gasteiger partial charge in [-0.15, -0.1) is 0 Å². The van der Waals surface area contributed by atoms with Gasteiger partial charge in [-0.05, 0) is 20.3 Å². The Morgan fingerprint density at radius 2 is 2.17 bits per heavy atom. The van der Waals surface area contributed by atoms with Crippen molar-refractivity contribution in [1.82, 2.24) is 15.5 Å². The number of H-pyrrole nitrogens is 1. The Morgan fingerprint density at radius 3 is 2.72 bits per heavy atom. The summed E-state index contributed by atoms with van der Waals surface area (Å²) >= 11 is 0. The number of amides is 1. The number of hydrogen-bond acceptors (Lipinski definition) is 3. The second-order valence-corrected chi connectivity index (χ2v) is 4.83. The van der Waals surface area contributed by atoms with Crippen molar-refractivity contribution in [2.75, 3.05) is 5.73 Å². The minimum Gasteiger partial charge on any atom is -0.382 e. The van der Waals surface area contributed by atoms with Crippen molar-refractivity contribution < 1.29 is 4.79 Å². The number of carbonyl (C=O) groups is 1. The molecule has 1 rings (SSSR count). The first-order valence-electron chi connectivity index (χ1n) is 6.67. The van der Waals surface area contributed by atoms with Gasteiger partial charge in [-0.3, -0.25) is 9.89 Å². The number of aromatic amines is 1. The molecule has 18 heavy (non-hydrogen) atoms. The van der Waals surface area contributed by atoms with E-state index in [1.165, 1.54) is 19.3 Å². The SMILES string of the molecule is CCCCCCC(C)NC(=O)c1c(N)n[nH]c1C. The smallest absolute Gasteiger partial charge is 0.257 e. The third-order valence-electron chi connectivity index (χ3n) is 3.07. The lowest BCUT2D eigenvalue weighted by molar-refractivity contribution is 0.0938. The van der Waals surface area contributed by atoms with Crippen LogP contribution in [0.25, 0.3) is 0 Å². The highest BCUT2D eigenvalue weighted by Crippen LogP contribution is 2.13. The predicted octanol–water partition coefficient (Wildman–Crippen LogP) is 2.39. The Morgan fingerprint density at radius 1 is 1.44 bits per heavy atom. The second-order valence-electron chi connectivity index (χ2n) is 4.83. The van der Waals surface area contributed by atoms with E-state index in [4.69, 9.17) is 5.73 Å². The number of aromatic nitrogens is 2. The molecule has 0 radical (unpaired) electrons. The zero-order valence-corrected chi connectivity index (χ0v) is 11.5. The van der Waals surface area contributed by atoms with Crippen molar-refractivity contribution in [1.29, 1.82) is 0 Å². The molecule has 1 aromatic heterocycles. The number of nitrogens with zero attached hydrogens (tertiary/aromatic N) is 1. The van der Waals surface area contributed by atoms with Crippen LogP contribution in [-0.4, -0.2) is 22.1 Å². The lowest BCUT2D eigenvalue weighted by atomic mass is 10.1. The van der Waals surface area contributed by atoms with Gasteiger partial charge in [0.05, 0.1) is 0 Å². The van der Waals surface area contributed by atoms with Gasteiger partial charge < -0.3 is 11.1 Å². The number of anilines is 1. The van der Waals surface area contributed by atoms with E-state index in [1.54, 1.807) is 6.92 Å². The molecule has 1 aromatic rings. The number of nitrogens with one attached hydrogen (secondary N) is 2. The van der Waals surface area contributed by atoms with Crippen LogP contribution in [0.4, 0.5) is 5.82 Å². The molecule has 0 aliphatic heterocycles. The molecule has 0 saturated heterocycles. The van der Waals surface area contributed by atoms with Crippen LogP contribution >= 0.6 is 0 Å². The standard InChI is InChI=1S/C13H24N4O/c1-4-5-6-7-8-9(2)15-13(18)11-10(3)16-17-12(11)14/h9H,4-8H2,1-3H3,(H,15,18)(H3,14,16,17). The molecule has 1 unspecified atom stereocenters. The number of aryl methyl sites for hydroxylation is 1. The Labute approximate surface area is 109 Å². The van der Waals surface area contributed by atoms with Gasteiger partial charge in [-0.1, -0.05) is 32.6 Å². The number of carbonyl (C=O) groups excluding carboxylic acids is 1. The van der Waals surface area contributed by atoms with Crippen LogP contribution in [0.5, 0.6) is 0 Å². The highest BCUT2D eigenvalue weighted by Gasteiger charge is 2.17. The maximum atomic E-state index is 12.0. The molecule has 0 aliphatic carbocycles. The zero-order chi connectivity index (χ0) is 13.5. The van der Waals surface area contributed by atoms with E-state index >= 15 is 0 Å². The summed E-state index contributed by atoms with van der Waals surface area (Å²) in [5.41, 5.74) is 6.83. The van der Waals surface area contributed by atoms with Gasteiger partial charge >= 0.3 is 0 Å². The van der Waals surface area contributed by atoms with E-state index in [2.05, 4.69) is 22.4 Å². The largest absolute Gasteiger partial charge is 0.382 e. The molecule has 0 fully saturated rings. The Balaban J connectivity index is 2.40. The van der Waals surface area contributed by atoms with E-state index in [1.807, 2.05) is 6.92 Å². The van der Waals surface area contributed by atoms with Crippen LogP contribution < -0.4 is 11.1 Å². The fourth-order valence-electron chi connectivity index (χ4n) is 1.98. The lowest BCUT2D eigenvalue weighted by Crippen LogP contribution is -2.33. The number of hydrogen-bond donors (Lipinski definition) is 3. The summed E-state index contributed by atoms with van der Waals surface area (Å²) in [5.74, 6) is 0.130. The molecule has 0 aromatic carbocycles. The molecule has 5 nitrogen and oxygen atoms in total. The quantitative estimate of drug-likeness (QED) is 0.651. The number of unbranched alkanes of at least 4 members (excludes halogenated alkanes) is 3. The maximum absolute atomic E-state index is 12.0. The average Bonchev–Trinajstić information content (AvgIpc) is 2.64. The monoisotopic (exact) mass is 252 g/mol. The number of rotatable bonds is 7. The van der Waals surface area contributed by atoms with E-state index < -0.39 is 0 Å². The third kappa shape index (κ3) is 4.05. The fourth-order valence-corrected chi connectivity index (χ4v) is 1.98. The van der Waals surface area contributed by atoms with E-state index in [0.29, 0.717) is 11.3 Å². The van der Waals surface area contributed by atoms with Crippen molar-refractivity contribution in [3.05, 3.63) is 11.3 Å². The molecular weight excluding hydrogens is 228 g/mol. The molecule has 0 saturated carbocycles. The van der Waals surface area contributed by atoms with Gasteiger partial charge in [-0.25, -0.2) is 0 Å². The summed E-state index contributed by atoms with van der Waals surface area (Å²) in [6.07, 6.45) is 5.86. The summed E-state index contributed by atoms with van der Waals surface area (Å²) in [5, 5.41) is 9.50. The molecule has 5 heteroatoms. The molecule has 1 heterocycles. The van der Waals surface area contributed by atoms with Gasteiger partial charge in [0.2, 0.25) is 0 Å². The molecule has 0 aliphatic rings. The number of nitrogens with two attached hydrogens (primary N) is 1. The third-order valence-corrected chi connectivity index (χ3v) is 3.07. The zero-order valence-electron chi connectivity index (χ0n) is 11.5. The Kier molecular flexibility index (Phi) is 5.68. The Bertz CT molecular complexity index is 367. The van der Waals surface area contributed by atoms with Gasteiger partial charge in [-0.2, -0.15) is 5.10 Å². The molecule has 1 amide bonds. The first-order valence-corrected chi connectivity index (χ1v) is 6.67. The first-order chi connectivity index (χ1) is 8.56. The second kappa shape index (κ2) is 7.03. The van der Waals surface area contributed by atoms with Crippen molar-refractivity contribution in [2.24, 2.45) is 0 Å². The molecule has 4 N–H and O–H groups in total. The van der Waals surface area contributed by atoms with Crippen LogP contribution in [-0.2, 0) is 0 Å². The molecular formula is C13H24N4O. The van der Waals surface area contributed by atoms with Gasteiger partial charge in [0.1, 0.15) is 5.56 Å². The minimum absolute atomic E-state index is 0.137. The van der Waals surface area contributed by atoms with Crippen LogP contribution in [0.2, 0.25) is 0 Å². The Hall–Kier alpha value is -1.52. The van der Waals surface area contributed by atoms with E-state index in [9.17, 15) is 4.79 Å². The minimum atomic E-state index is -0.137. The normalized spacial score (nSPS) is 12.4. The summed E-state index contributed by atoms with van der Waals surface area (Å²) in [4.78, 5) is 12.0. The van der Waals surface area contributed by atoms with Gasteiger partial charge in [0.15, 0.2) is 5.82 Å². The van der Waals surface area contributed by atoms with Crippen molar-refractivity contribution in [3.63, 3.8) is 0 Å². The average molecular weight is 252 g/mol. The molecule has 0 bridgehead atoms. The van der Waals surface area contributed by atoms with Crippen molar-refractivity contribution in [3.8, 4) is 0 Å². The van der Waals surface area contributed by atoms with E-state index in [0.717, 1.165) is 12.8 Å². The van der Waals surface area contributed by atoms with Crippen molar-refractivity contribution in [2.45, 2.75) is 58.9 Å². The van der Waals surface area contributed by atoms with Crippen LogP contribution in [0.15, 0.2) is 0 Å². The molecule has 102 valence electrons. The summed E-state index contributed by atoms with van der Waals surface area (Å²) in [6, 6.07) is 0.169. The predicted molar refractivity (Wildman–Crippen MR) is 73.4 cm³/mol. The van der Waals surface area contributed by atoms with Gasteiger partial charge in [0, 0.05) is 11.7 Å². The van der Waals surface area contributed by atoms with Crippen LogP contribution in [0.1, 0.15) is 62.0 Å². The first kappa shape index (κ1) is 14.5. The van der Waals surface area contributed by atoms with Crippen LogP contribution in [0, 0.1) is 6.92 Å². The van der Waals surface area contributed by atoms with E-state index in [-0.39, 0.29) is 17.8 Å². The fraction of sp³-hybridized carbons (Fsp3) is 0.692. The highest BCUT2D eigenvalue weighted by molar-refractivity contribution is 5.99. The highest BCUT2D eigenvalue weighted by atomic mass is 16.1. The summed E-state index contributed by atoms with van der Waals surface area (Å²) < 4.78 is 0. The lowest BCUT2D eigenvalue weighted by Gasteiger charge is -2.13. The van der Waals surface area contributed by atoms with Crippen molar-refractivity contribution >= 4 is 11.7 Å². The van der Waals surface area contributed by atoms with Gasteiger partial charge in [0.25, 0.3) is 5.91 Å². The summed E-state index contributed by atoms with van der Waals surface area (Å²) in [6.45, 7) is 6.01.